The fraction of sp³-hybridized carbons (Fsp3) is 0.393. The van der Waals surface area contributed by atoms with Crippen molar-refractivity contribution in [2.45, 2.75) is 57.5 Å². The predicted octanol–water partition coefficient (Wildman–Crippen LogP) is 6.29. The number of rotatable bonds is 7. The molecule has 0 unspecified atom stereocenters. The molecule has 6 heteroatoms. The molecular formula is C28H31N5S. The lowest BCUT2D eigenvalue weighted by molar-refractivity contribution is 0.331. The summed E-state index contributed by atoms with van der Waals surface area (Å²) in [5.74, 6) is 1.75. The van der Waals surface area contributed by atoms with E-state index in [1.165, 1.54) is 62.7 Å². The zero-order chi connectivity index (χ0) is 22.7. The van der Waals surface area contributed by atoms with E-state index in [9.17, 15) is 0 Å². The van der Waals surface area contributed by atoms with Gasteiger partial charge in [-0.25, -0.2) is 9.97 Å². The lowest BCUT2D eigenvalue weighted by atomic mass is 10.1. The maximum Gasteiger partial charge on any atom is 0.162 e. The van der Waals surface area contributed by atoms with E-state index in [1.807, 2.05) is 12.3 Å². The van der Waals surface area contributed by atoms with Crippen molar-refractivity contribution >= 4 is 27.4 Å². The minimum Gasteiger partial charge on any atom is -0.366 e. The Balaban J connectivity index is 1.21. The molecule has 4 aromatic rings. The molecule has 1 aliphatic heterocycles. The molecule has 1 N–H and O–H groups in total. The largest absolute Gasteiger partial charge is 0.366 e. The molecule has 1 saturated carbocycles. The first-order chi connectivity index (χ1) is 16.8. The summed E-state index contributed by atoms with van der Waals surface area (Å²) >= 11 is 1.71. The molecule has 34 heavy (non-hydrogen) atoms. The first kappa shape index (κ1) is 21.7. The van der Waals surface area contributed by atoms with Gasteiger partial charge in [0.2, 0.25) is 0 Å². The molecule has 174 valence electrons. The molecule has 6 rings (SSSR count). The van der Waals surface area contributed by atoms with Crippen molar-refractivity contribution in [2.75, 3.05) is 18.4 Å². The van der Waals surface area contributed by atoms with Gasteiger partial charge in [0.15, 0.2) is 5.82 Å². The van der Waals surface area contributed by atoms with Crippen LogP contribution in [0.5, 0.6) is 0 Å². The van der Waals surface area contributed by atoms with E-state index >= 15 is 0 Å². The van der Waals surface area contributed by atoms with Crippen LogP contribution in [0.25, 0.3) is 21.6 Å². The van der Waals surface area contributed by atoms with Crippen LogP contribution in [0.4, 0.5) is 5.82 Å². The minimum atomic E-state index is 0.523. The smallest absolute Gasteiger partial charge is 0.162 e. The molecular weight excluding hydrogens is 438 g/mol. The molecule has 4 heterocycles. The van der Waals surface area contributed by atoms with E-state index in [2.05, 4.69) is 57.0 Å². The zero-order valence-electron chi connectivity index (χ0n) is 19.5. The molecule has 5 nitrogen and oxygen atoms in total. The summed E-state index contributed by atoms with van der Waals surface area (Å²) in [6.07, 6.45) is 10.4. The van der Waals surface area contributed by atoms with Crippen LogP contribution in [-0.2, 0) is 13.0 Å². The van der Waals surface area contributed by atoms with E-state index < -0.39 is 0 Å². The molecule has 0 bridgehead atoms. The lowest BCUT2D eigenvalue weighted by Crippen LogP contribution is -2.18. The number of anilines is 1. The van der Waals surface area contributed by atoms with Gasteiger partial charge in [-0.15, -0.1) is 11.3 Å². The fourth-order valence-corrected chi connectivity index (χ4v) is 6.02. The molecule has 2 fully saturated rings. The van der Waals surface area contributed by atoms with E-state index in [0.29, 0.717) is 6.04 Å². The third-order valence-electron chi connectivity index (χ3n) is 7.09. The number of hydrogen-bond donors (Lipinski definition) is 1. The quantitative estimate of drug-likeness (QED) is 0.344. The first-order valence-corrected chi connectivity index (χ1v) is 13.5. The van der Waals surface area contributed by atoms with Gasteiger partial charge in [-0.1, -0.05) is 37.1 Å². The molecule has 0 atom stereocenters. The van der Waals surface area contributed by atoms with Gasteiger partial charge < -0.3 is 5.32 Å². The number of likely N-dealkylation sites (tertiary alicyclic amines) is 1. The third-order valence-corrected chi connectivity index (χ3v) is 8.00. The first-order valence-electron chi connectivity index (χ1n) is 12.6. The number of aromatic nitrogens is 3. The second-order valence-electron chi connectivity index (χ2n) is 9.67. The van der Waals surface area contributed by atoms with Crippen LogP contribution < -0.4 is 5.32 Å². The van der Waals surface area contributed by atoms with Crippen molar-refractivity contribution in [3.63, 3.8) is 0 Å². The molecule has 1 saturated heterocycles. The van der Waals surface area contributed by atoms with Gasteiger partial charge in [-0.3, -0.25) is 9.88 Å². The monoisotopic (exact) mass is 469 g/mol. The molecule has 0 radical (unpaired) electrons. The Morgan fingerprint density at radius 2 is 1.71 bits per heavy atom. The van der Waals surface area contributed by atoms with Gasteiger partial charge in [0, 0.05) is 36.5 Å². The average Bonchev–Trinajstić information content (AvgIpc) is 3.64. The van der Waals surface area contributed by atoms with Crippen molar-refractivity contribution in [2.24, 2.45) is 0 Å². The standard InChI is InChI=1S/C28H31N5S/c1-2-6-23(5-1)30-28-26-25(12-16-34-26)31-27(32-28)22-11-13-29-24(18-22)17-20-7-9-21(10-8-20)19-33-14-3-4-15-33/h7-13,16,18,23H,1-6,14-15,17,19H2,(H,30,31,32). The van der Waals surface area contributed by atoms with Crippen LogP contribution in [-0.4, -0.2) is 39.0 Å². The molecule has 0 amide bonds. The second-order valence-corrected chi connectivity index (χ2v) is 10.6. The summed E-state index contributed by atoms with van der Waals surface area (Å²) in [5.41, 5.74) is 5.77. The maximum absolute atomic E-state index is 4.97. The molecule has 1 aliphatic carbocycles. The molecule has 1 aromatic carbocycles. The molecule has 2 aliphatic rings. The summed E-state index contributed by atoms with van der Waals surface area (Å²) < 4.78 is 1.15. The summed E-state index contributed by atoms with van der Waals surface area (Å²) in [7, 11) is 0. The van der Waals surface area contributed by atoms with E-state index in [0.717, 1.165) is 46.1 Å². The number of benzene rings is 1. The Hall–Kier alpha value is -2.83. The molecule has 3 aromatic heterocycles. The summed E-state index contributed by atoms with van der Waals surface area (Å²) in [6.45, 7) is 3.53. The van der Waals surface area contributed by atoms with Crippen LogP contribution in [0.2, 0.25) is 0 Å². The SMILES string of the molecule is c1cc(-c2nc(NC3CCCC3)c3sccc3n2)cc(Cc2ccc(CN3CCCC3)cc2)n1. The summed E-state index contributed by atoms with van der Waals surface area (Å²) in [4.78, 5) is 17.0. The van der Waals surface area contributed by atoms with Gasteiger partial charge in [-0.2, -0.15) is 0 Å². The number of nitrogens with zero attached hydrogens (tertiary/aromatic N) is 4. The topological polar surface area (TPSA) is 53.9 Å². The fourth-order valence-electron chi connectivity index (χ4n) is 5.24. The average molecular weight is 470 g/mol. The summed E-state index contributed by atoms with van der Waals surface area (Å²) in [6, 6.07) is 15.8. The summed E-state index contributed by atoms with van der Waals surface area (Å²) in [5, 5.41) is 5.81. The predicted molar refractivity (Wildman–Crippen MR) is 140 cm³/mol. The normalized spacial score (nSPS) is 17.1. The van der Waals surface area contributed by atoms with Crippen molar-refractivity contribution < 1.29 is 0 Å². The van der Waals surface area contributed by atoms with E-state index in [4.69, 9.17) is 9.97 Å². The van der Waals surface area contributed by atoms with Gasteiger partial charge in [-0.05, 0) is 73.5 Å². The Morgan fingerprint density at radius 1 is 0.912 bits per heavy atom. The Morgan fingerprint density at radius 3 is 2.53 bits per heavy atom. The third kappa shape index (κ3) is 4.84. The minimum absolute atomic E-state index is 0.523. The van der Waals surface area contributed by atoms with Crippen LogP contribution in [0.3, 0.4) is 0 Å². The van der Waals surface area contributed by atoms with Crippen LogP contribution in [0.15, 0.2) is 54.0 Å². The highest BCUT2D eigenvalue weighted by molar-refractivity contribution is 7.17. The number of nitrogens with one attached hydrogen (secondary N) is 1. The maximum atomic E-state index is 4.97. The highest BCUT2D eigenvalue weighted by atomic mass is 32.1. The van der Waals surface area contributed by atoms with Crippen LogP contribution >= 0.6 is 11.3 Å². The number of thiophene rings is 1. The Labute approximate surface area is 205 Å². The Kier molecular flexibility index (Phi) is 6.25. The number of fused-ring (bicyclic) bond motifs is 1. The lowest BCUT2D eigenvalue weighted by Gasteiger charge is -2.15. The van der Waals surface area contributed by atoms with Crippen molar-refractivity contribution in [1.29, 1.82) is 0 Å². The van der Waals surface area contributed by atoms with Gasteiger partial charge in [0.05, 0.1) is 10.2 Å². The van der Waals surface area contributed by atoms with Crippen LogP contribution in [0.1, 0.15) is 55.3 Å². The Bertz CT molecular complexity index is 1250. The van der Waals surface area contributed by atoms with Crippen LogP contribution in [0, 0.1) is 0 Å². The molecule has 0 spiro atoms. The van der Waals surface area contributed by atoms with Crippen molar-refractivity contribution in [3.8, 4) is 11.4 Å². The number of pyridine rings is 1. The number of hydrogen-bond acceptors (Lipinski definition) is 6. The van der Waals surface area contributed by atoms with E-state index in [-0.39, 0.29) is 0 Å². The second kappa shape index (κ2) is 9.80. The van der Waals surface area contributed by atoms with Gasteiger partial charge in [0.1, 0.15) is 5.82 Å². The van der Waals surface area contributed by atoms with Crippen molar-refractivity contribution in [3.05, 3.63) is 70.9 Å². The van der Waals surface area contributed by atoms with Gasteiger partial charge >= 0.3 is 0 Å². The highest BCUT2D eigenvalue weighted by Crippen LogP contribution is 2.31. The highest BCUT2D eigenvalue weighted by Gasteiger charge is 2.18. The zero-order valence-corrected chi connectivity index (χ0v) is 20.4. The van der Waals surface area contributed by atoms with E-state index in [1.54, 1.807) is 11.3 Å². The van der Waals surface area contributed by atoms with Gasteiger partial charge in [0.25, 0.3) is 0 Å². The van der Waals surface area contributed by atoms with Crippen molar-refractivity contribution in [1.82, 2.24) is 19.9 Å².